The quantitative estimate of drug-likeness (QED) is 0.185. The number of carbonyl (C=O) groups is 4. The van der Waals surface area contributed by atoms with Crippen molar-refractivity contribution in [3.63, 3.8) is 0 Å². The maximum Gasteiger partial charge on any atom is 0.536 e. The van der Waals surface area contributed by atoms with Crippen molar-refractivity contribution >= 4 is 30.5 Å². The molecule has 15 heteroatoms. The number of carbonyl (C=O) groups excluding carboxylic acids is 4. The summed E-state index contributed by atoms with van der Waals surface area (Å²) in [6.07, 6.45) is 4.87. The van der Waals surface area contributed by atoms with Crippen LogP contribution in [0.2, 0.25) is 0 Å². The zero-order valence-electron chi connectivity index (χ0n) is 36.4. The average molecular weight is 832 g/mol. The molecule has 4 fully saturated rings. The zero-order chi connectivity index (χ0) is 43.0. The molecule has 14 nitrogen and oxygen atoms in total. The predicted octanol–water partition coefficient (Wildman–Crippen LogP) is 6.09. The average Bonchev–Trinajstić information content (AvgIpc) is 3.68. The molecule has 2 N–H and O–H groups in total. The first kappa shape index (κ1) is 46.0. The monoisotopic (exact) mass is 831 g/mol. The molecular weight excluding hydrogens is 763 g/mol. The van der Waals surface area contributed by atoms with Crippen LogP contribution in [-0.2, 0) is 56.7 Å². The van der Waals surface area contributed by atoms with Crippen molar-refractivity contribution in [1.82, 2.24) is 0 Å². The number of ketones is 2. The van der Waals surface area contributed by atoms with Gasteiger partial charge in [-0.3, -0.25) is 9.59 Å². The molecule has 3 spiro atoms. The minimum absolute atomic E-state index is 0.0918. The van der Waals surface area contributed by atoms with E-state index in [9.17, 15) is 29.4 Å². The van der Waals surface area contributed by atoms with E-state index in [2.05, 4.69) is 0 Å². The molecule has 6 rings (SSSR count). The largest absolute Gasteiger partial charge is 0.536 e. The van der Waals surface area contributed by atoms with Gasteiger partial charge in [0, 0.05) is 48.3 Å². The standard InChI is InChI=1S/C44H68BO14/c1-9-31-19-15-11-13-17-29(46)25-33(48)42(7,8)36-24-22-28(4)44(55-36)38-40(51)53-32(10-2)20-16-12-14-18-30(47)26-34(49)41(5,6)35-23-21-27(3)43(54-35)37(39(50)52-31)56-45(57-38,58-43)59-44/h11-12,15-16,27-32,35-38,46-47H,9-10,13-14,17-26H2,1-8H3/q-1/b15-11-,16-12-/t27-,28-,29+,30+,31?,32?,35+,36+,37?,38?,43+,44+,45?/m1/s1. The first-order chi connectivity index (χ1) is 27.8. The number of esters is 2. The van der Waals surface area contributed by atoms with Gasteiger partial charge < -0.3 is 47.8 Å². The van der Waals surface area contributed by atoms with Gasteiger partial charge in [-0.25, -0.2) is 9.59 Å². The van der Waals surface area contributed by atoms with Gasteiger partial charge in [-0.15, -0.1) is 0 Å². The number of aliphatic hydroxyl groups excluding tert-OH is 2. The lowest BCUT2D eigenvalue weighted by Gasteiger charge is -2.51. The van der Waals surface area contributed by atoms with E-state index in [4.69, 9.17) is 37.6 Å². The van der Waals surface area contributed by atoms with Crippen molar-refractivity contribution in [2.75, 3.05) is 0 Å². The molecule has 59 heavy (non-hydrogen) atoms. The highest BCUT2D eigenvalue weighted by Crippen LogP contribution is 2.57. The Bertz CT molecular complexity index is 1490. The minimum atomic E-state index is -3.52. The third-order valence-corrected chi connectivity index (χ3v) is 14.0. The van der Waals surface area contributed by atoms with Crippen molar-refractivity contribution in [1.29, 1.82) is 0 Å². The normalized spacial score (nSPS) is 44.8. The lowest BCUT2D eigenvalue weighted by atomic mass is 9.74. The number of Topliss-reactive ketones (excluding diaryl/α,β-unsaturated/α-hetero) is 2. The SMILES string of the molecule is CCC1C/C=C\CC[C@H](O)CC(=O)C(C)(C)[C@@H]2CC[C@@H](C)[C@]3(O2)O[B-]24OC(C(=O)O1)[C@@]1(O[C@@H](CC[C@H]1C)C(C)(C)C(=O)C[C@@H](O)CC/C=C\CC(CC)OC(=O)C3O2)O4. The number of hydrogen-bond donors (Lipinski definition) is 2. The van der Waals surface area contributed by atoms with Crippen LogP contribution < -0.4 is 0 Å². The van der Waals surface area contributed by atoms with Gasteiger partial charge >= 0.3 is 18.9 Å². The Morgan fingerprint density at radius 3 is 1.37 bits per heavy atom. The second kappa shape index (κ2) is 18.1. The molecule has 0 radical (unpaired) electrons. The lowest BCUT2D eigenvalue weighted by molar-refractivity contribution is -0.302. The molecule has 0 aromatic carbocycles. The van der Waals surface area contributed by atoms with Gasteiger partial charge in [0.2, 0.25) is 0 Å². The van der Waals surface area contributed by atoms with Gasteiger partial charge in [-0.2, -0.15) is 0 Å². The highest BCUT2D eigenvalue weighted by Gasteiger charge is 2.73. The van der Waals surface area contributed by atoms with E-state index in [1.807, 2.05) is 52.0 Å². The number of cyclic esters (lactones) is 2. The molecule has 4 unspecified atom stereocenters. The van der Waals surface area contributed by atoms with Crippen LogP contribution in [0.4, 0.5) is 0 Å². The number of ether oxygens (including phenoxy) is 4. The van der Waals surface area contributed by atoms with Gasteiger partial charge in [-0.1, -0.05) is 79.7 Å². The molecule has 6 aliphatic rings. The number of fused-ring (bicyclic) bond motifs is 4. The van der Waals surface area contributed by atoms with Crippen molar-refractivity contribution in [3.8, 4) is 0 Å². The summed E-state index contributed by atoms with van der Waals surface area (Å²) in [5.41, 5.74) is -2.26. The second-order valence-electron chi connectivity index (χ2n) is 19.0. The van der Waals surface area contributed by atoms with E-state index in [1.165, 1.54) is 0 Å². The summed E-state index contributed by atoms with van der Waals surface area (Å²) in [7, 11) is 0. The molecule has 4 saturated heterocycles. The van der Waals surface area contributed by atoms with E-state index < -0.39 is 102 Å². The van der Waals surface area contributed by atoms with Gasteiger partial charge in [0.1, 0.15) is 23.8 Å². The van der Waals surface area contributed by atoms with Crippen LogP contribution in [0.3, 0.4) is 0 Å². The number of rotatable bonds is 2. The molecule has 6 heterocycles. The molecule has 0 amide bonds. The van der Waals surface area contributed by atoms with Crippen molar-refractivity contribution in [2.45, 2.75) is 206 Å². The maximum absolute atomic E-state index is 14.6. The molecule has 0 aliphatic carbocycles. The minimum Gasteiger partial charge on any atom is -0.504 e. The summed E-state index contributed by atoms with van der Waals surface area (Å²) in [5, 5.41) is 21.9. The Kier molecular flexibility index (Phi) is 14.1. The third kappa shape index (κ3) is 9.19. The van der Waals surface area contributed by atoms with Gasteiger partial charge in [0.05, 0.1) is 24.4 Å². The summed E-state index contributed by atoms with van der Waals surface area (Å²) in [6, 6.07) is 0. The van der Waals surface area contributed by atoms with E-state index in [1.54, 1.807) is 27.7 Å². The van der Waals surface area contributed by atoms with Crippen LogP contribution in [0.1, 0.15) is 145 Å². The first-order valence-electron chi connectivity index (χ1n) is 22.2. The number of allylic oxidation sites excluding steroid dienone is 2. The fourth-order valence-corrected chi connectivity index (χ4v) is 9.52. The molecule has 0 aromatic heterocycles. The molecule has 7 bridgehead atoms. The van der Waals surface area contributed by atoms with E-state index >= 15 is 0 Å². The van der Waals surface area contributed by atoms with Crippen LogP contribution in [-0.4, -0.2) is 101 Å². The number of aliphatic hydroxyl groups is 2. The number of hydrogen-bond acceptors (Lipinski definition) is 14. The van der Waals surface area contributed by atoms with Gasteiger partial charge in [0.25, 0.3) is 0 Å². The summed E-state index contributed by atoms with van der Waals surface area (Å²) < 4.78 is 53.1. The highest BCUT2D eigenvalue weighted by molar-refractivity contribution is 6.56. The van der Waals surface area contributed by atoms with E-state index in [-0.39, 0.29) is 24.4 Å². The molecule has 0 saturated carbocycles. The predicted molar refractivity (Wildman–Crippen MR) is 215 cm³/mol. The zero-order valence-corrected chi connectivity index (χ0v) is 36.4. The molecule has 332 valence electrons. The van der Waals surface area contributed by atoms with Gasteiger partial charge in [-0.05, 0) is 64.2 Å². The van der Waals surface area contributed by atoms with Crippen LogP contribution in [0.15, 0.2) is 24.3 Å². The Labute approximate surface area is 349 Å². The molecular formula is C44H68BO14-. The van der Waals surface area contributed by atoms with Crippen LogP contribution in [0.25, 0.3) is 0 Å². The maximum atomic E-state index is 14.6. The highest BCUT2D eigenvalue weighted by atomic mass is 17.0. The summed E-state index contributed by atoms with van der Waals surface area (Å²) in [5.74, 6) is -6.89. The first-order valence-corrected chi connectivity index (χ1v) is 22.2. The van der Waals surface area contributed by atoms with Crippen LogP contribution >= 0.6 is 0 Å². The van der Waals surface area contributed by atoms with E-state index in [0.717, 1.165) is 0 Å². The van der Waals surface area contributed by atoms with Crippen molar-refractivity contribution in [3.05, 3.63) is 24.3 Å². The summed E-state index contributed by atoms with van der Waals surface area (Å²) in [6.45, 7) is 11.1. The molecule has 6 aliphatic heterocycles. The van der Waals surface area contributed by atoms with E-state index in [0.29, 0.717) is 77.0 Å². The van der Waals surface area contributed by atoms with Crippen molar-refractivity contribution in [2.24, 2.45) is 22.7 Å². The Hall–Kier alpha value is -2.50. The Morgan fingerprint density at radius 1 is 0.610 bits per heavy atom. The smallest absolute Gasteiger partial charge is 0.504 e. The fourth-order valence-electron chi connectivity index (χ4n) is 9.52. The lowest BCUT2D eigenvalue weighted by Crippen LogP contribution is -2.61. The van der Waals surface area contributed by atoms with Gasteiger partial charge in [0.15, 0.2) is 23.8 Å². The van der Waals surface area contributed by atoms with Crippen LogP contribution in [0, 0.1) is 22.7 Å². The molecule has 12 atom stereocenters. The Balaban J connectivity index is 1.50. The second-order valence-corrected chi connectivity index (χ2v) is 19.0. The Morgan fingerprint density at radius 2 is 1.00 bits per heavy atom. The fraction of sp³-hybridized carbons (Fsp3) is 0.818. The molecule has 0 aromatic rings. The summed E-state index contributed by atoms with van der Waals surface area (Å²) in [4.78, 5) is 57.3. The summed E-state index contributed by atoms with van der Waals surface area (Å²) >= 11 is 0. The third-order valence-electron chi connectivity index (χ3n) is 14.0. The topological polar surface area (TPSA) is 183 Å². The van der Waals surface area contributed by atoms with Crippen molar-refractivity contribution < 1.29 is 67.0 Å². The van der Waals surface area contributed by atoms with Crippen LogP contribution in [0.5, 0.6) is 0 Å².